The Morgan fingerprint density at radius 2 is 1.87 bits per heavy atom. The summed E-state index contributed by atoms with van der Waals surface area (Å²) < 4.78 is 0. The van der Waals surface area contributed by atoms with Crippen LogP contribution in [-0.4, -0.2) is 21.7 Å². The average Bonchev–Trinajstić information content (AvgIpc) is 2.57. The van der Waals surface area contributed by atoms with Gasteiger partial charge in [0.25, 0.3) is 5.95 Å². The van der Waals surface area contributed by atoms with Crippen molar-refractivity contribution in [2.24, 2.45) is 0 Å². The van der Waals surface area contributed by atoms with Crippen LogP contribution in [0.1, 0.15) is 12.5 Å². The predicted molar refractivity (Wildman–Crippen MR) is 93.4 cm³/mol. The van der Waals surface area contributed by atoms with E-state index in [-0.39, 0.29) is 0 Å². The van der Waals surface area contributed by atoms with Crippen molar-refractivity contribution in [3.63, 3.8) is 0 Å². The van der Waals surface area contributed by atoms with Crippen molar-refractivity contribution in [1.82, 2.24) is 15.2 Å². The van der Waals surface area contributed by atoms with Gasteiger partial charge in [-0.25, -0.2) is 0 Å². The van der Waals surface area contributed by atoms with Gasteiger partial charge in [0.05, 0.1) is 6.20 Å². The molecule has 0 bridgehead atoms. The van der Waals surface area contributed by atoms with Gasteiger partial charge in [-0.05, 0) is 43.7 Å². The quantitative estimate of drug-likeness (QED) is 0.769. The molecule has 0 aliphatic rings. The Balaban J connectivity index is 1.88. The molecule has 3 rings (SSSR count). The molecule has 5 heteroatoms. The lowest BCUT2D eigenvalue weighted by Gasteiger charge is -2.21. The Hall–Kier alpha value is -2.95. The van der Waals surface area contributed by atoms with Crippen LogP contribution in [0.2, 0.25) is 0 Å². The molecule has 1 N–H and O–H groups in total. The molecule has 23 heavy (non-hydrogen) atoms. The van der Waals surface area contributed by atoms with Crippen LogP contribution in [0.25, 0.3) is 0 Å². The van der Waals surface area contributed by atoms with Crippen LogP contribution in [0, 0.1) is 6.92 Å². The normalized spacial score (nSPS) is 10.3. The fourth-order valence-corrected chi connectivity index (χ4v) is 2.37. The van der Waals surface area contributed by atoms with Gasteiger partial charge in [-0.15, -0.1) is 5.10 Å². The van der Waals surface area contributed by atoms with Crippen molar-refractivity contribution in [1.29, 1.82) is 0 Å². The van der Waals surface area contributed by atoms with Gasteiger partial charge in [-0.2, -0.15) is 10.1 Å². The summed E-state index contributed by atoms with van der Waals surface area (Å²) in [7, 11) is 0. The van der Waals surface area contributed by atoms with Crippen molar-refractivity contribution < 1.29 is 0 Å². The molecule has 0 unspecified atom stereocenters. The average molecular weight is 305 g/mol. The predicted octanol–water partition coefficient (Wildman–Crippen LogP) is 4.08. The Morgan fingerprint density at radius 1 is 1.04 bits per heavy atom. The first-order chi connectivity index (χ1) is 11.3. The van der Waals surface area contributed by atoms with Gasteiger partial charge in [-0.1, -0.05) is 30.3 Å². The lowest BCUT2D eigenvalue weighted by molar-refractivity contribution is 0.886. The highest BCUT2D eigenvalue weighted by molar-refractivity contribution is 5.60. The number of nitrogens with zero attached hydrogens (tertiary/aromatic N) is 4. The highest BCUT2D eigenvalue weighted by Gasteiger charge is 2.12. The highest BCUT2D eigenvalue weighted by Crippen LogP contribution is 2.23. The number of nitrogens with one attached hydrogen (secondary N) is 1. The second-order valence-corrected chi connectivity index (χ2v) is 5.22. The topological polar surface area (TPSA) is 53.9 Å². The van der Waals surface area contributed by atoms with E-state index in [1.165, 1.54) is 5.56 Å². The highest BCUT2D eigenvalue weighted by atomic mass is 15.3. The Bertz CT molecular complexity index is 773. The molecular formula is C18H19N5. The standard InChI is InChI=1S/C18H19N5/c1-3-23(16-11-7-8-14(2)12-16)18-21-17(13-19-22-18)20-15-9-5-4-6-10-15/h4-13H,3H2,1-2H3,(H,20,21,22). The lowest BCUT2D eigenvalue weighted by Crippen LogP contribution is -2.19. The van der Waals surface area contributed by atoms with Gasteiger partial charge in [0, 0.05) is 17.9 Å². The number of hydrogen-bond donors (Lipinski definition) is 1. The molecule has 116 valence electrons. The summed E-state index contributed by atoms with van der Waals surface area (Å²) >= 11 is 0. The molecule has 2 aromatic carbocycles. The second-order valence-electron chi connectivity index (χ2n) is 5.22. The molecule has 0 amide bonds. The molecule has 5 nitrogen and oxygen atoms in total. The first kappa shape index (κ1) is 15.0. The molecule has 3 aromatic rings. The molecule has 0 radical (unpaired) electrons. The molecular weight excluding hydrogens is 286 g/mol. The summed E-state index contributed by atoms with van der Waals surface area (Å²) in [5.74, 6) is 1.26. The smallest absolute Gasteiger partial charge is 0.251 e. The largest absolute Gasteiger partial charge is 0.339 e. The molecule has 0 saturated heterocycles. The van der Waals surface area contributed by atoms with Crippen LogP contribution in [0.3, 0.4) is 0 Å². The third kappa shape index (κ3) is 3.63. The summed E-state index contributed by atoms with van der Waals surface area (Å²) in [5.41, 5.74) is 3.23. The molecule has 1 heterocycles. The van der Waals surface area contributed by atoms with Crippen molar-refractivity contribution in [3.8, 4) is 0 Å². The minimum Gasteiger partial charge on any atom is -0.339 e. The minimum atomic E-state index is 0.582. The van der Waals surface area contributed by atoms with Gasteiger partial charge in [-0.3, -0.25) is 0 Å². The fraction of sp³-hybridized carbons (Fsp3) is 0.167. The Morgan fingerprint density at radius 3 is 2.61 bits per heavy atom. The van der Waals surface area contributed by atoms with E-state index in [9.17, 15) is 0 Å². The third-order valence-electron chi connectivity index (χ3n) is 3.46. The van der Waals surface area contributed by atoms with Gasteiger partial charge >= 0.3 is 0 Å². The molecule has 0 fully saturated rings. The molecule has 0 aliphatic carbocycles. The molecule has 1 aromatic heterocycles. The first-order valence-electron chi connectivity index (χ1n) is 7.62. The summed E-state index contributed by atoms with van der Waals surface area (Å²) in [4.78, 5) is 6.62. The summed E-state index contributed by atoms with van der Waals surface area (Å²) in [6.07, 6.45) is 1.63. The molecule has 0 atom stereocenters. The summed E-state index contributed by atoms with van der Waals surface area (Å²) in [6, 6.07) is 18.2. The number of hydrogen-bond acceptors (Lipinski definition) is 5. The van der Waals surface area contributed by atoms with Crippen LogP contribution < -0.4 is 10.2 Å². The monoisotopic (exact) mass is 305 g/mol. The van der Waals surface area contributed by atoms with Crippen LogP contribution in [0.4, 0.5) is 23.1 Å². The Kier molecular flexibility index (Phi) is 4.47. The molecule has 0 saturated carbocycles. The third-order valence-corrected chi connectivity index (χ3v) is 3.46. The van der Waals surface area contributed by atoms with Crippen LogP contribution in [-0.2, 0) is 0 Å². The van der Waals surface area contributed by atoms with Gasteiger partial charge in [0.15, 0.2) is 5.82 Å². The minimum absolute atomic E-state index is 0.582. The van der Waals surface area contributed by atoms with Crippen LogP contribution >= 0.6 is 0 Å². The molecule has 0 aliphatic heterocycles. The maximum absolute atomic E-state index is 4.59. The van der Waals surface area contributed by atoms with Crippen LogP contribution in [0.5, 0.6) is 0 Å². The lowest BCUT2D eigenvalue weighted by atomic mass is 10.2. The van der Waals surface area contributed by atoms with E-state index in [4.69, 9.17) is 0 Å². The number of benzene rings is 2. The summed E-state index contributed by atoms with van der Waals surface area (Å²) in [6.45, 7) is 4.91. The zero-order valence-electron chi connectivity index (χ0n) is 13.3. The Labute approximate surface area is 136 Å². The zero-order chi connectivity index (χ0) is 16.1. The van der Waals surface area contributed by atoms with E-state index < -0.39 is 0 Å². The van der Waals surface area contributed by atoms with Crippen molar-refractivity contribution in [2.75, 3.05) is 16.8 Å². The maximum Gasteiger partial charge on any atom is 0.251 e. The van der Waals surface area contributed by atoms with Gasteiger partial charge < -0.3 is 10.2 Å². The number of aryl methyl sites for hydroxylation is 1. The van der Waals surface area contributed by atoms with Gasteiger partial charge in [0.1, 0.15) is 0 Å². The zero-order valence-corrected chi connectivity index (χ0v) is 13.3. The number of rotatable bonds is 5. The number of anilines is 4. The fourth-order valence-electron chi connectivity index (χ4n) is 2.37. The van der Waals surface area contributed by atoms with Gasteiger partial charge in [0.2, 0.25) is 0 Å². The van der Waals surface area contributed by atoms with E-state index in [1.807, 2.05) is 41.3 Å². The number of para-hydroxylation sites is 1. The molecule has 0 spiro atoms. The number of aromatic nitrogens is 3. The maximum atomic E-state index is 4.59. The van der Waals surface area contributed by atoms with Crippen molar-refractivity contribution in [2.45, 2.75) is 13.8 Å². The van der Waals surface area contributed by atoms with Crippen LogP contribution in [0.15, 0.2) is 60.8 Å². The van der Waals surface area contributed by atoms with E-state index >= 15 is 0 Å². The van der Waals surface area contributed by atoms with E-state index in [0.29, 0.717) is 11.8 Å². The first-order valence-corrected chi connectivity index (χ1v) is 7.62. The van der Waals surface area contributed by atoms with Crippen molar-refractivity contribution in [3.05, 3.63) is 66.4 Å². The van der Waals surface area contributed by atoms with E-state index in [1.54, 1.807) is 6.20 Å². The van der Waals surface area contributed by atoms with Crippen molar-refractivity contribution >= 4 is 23.1 Å². The summed E-state index contributed by atoms with van der Waals surface area (Å²) in [5, 5.41) is 11.5. The van der Waals surface area contributed by atoms with E-state index in [2.05, 4.69) is 52.5 Å². The second kappa shape index (κ2) is 6.87. The van der Waals surface area contributed by atoms with E-state index in [0.717, 1.165) is 17.9 Å². The SMILES string of the molecule is CCN(c1cccc(C)c1)c1nncc(Nc2ccccc2)n1.